The Morgan fingerprint density at radius 3 is 2.74 bits per heavy atom. The molecule has 0 fully saturated rings. The number of aryl methyl sites for hydroxylation is 1. The smallest absolute Gasteiger partial charge is 0.341 e. The zero-order chi connectivity index (χ0) is 24.1. The minimum absolute atomic E-state index is 0.237. The van der Waals surface area contributed by atoms with Crippen LogP contribution in [0, 0.1) is 18.3 Å². The number of carbonyl (C=O) groups excluding carboxylic acids is 1. The maximum Gasteiger partial charge on any atom is 0.341 e. The molecule has 0 aliphatic carbocycles. The molecule has 0 unspecified atom stereocenters. The van der Waals surface area contributed by atoms with Crippen LogP contribution < -0.4 is 4.74 Å². The average molecular weight is 454 g/mol. The van der Waals surface area contributed by atoms with Crippen molar-refractivity contribution < 1.29 is 14.3 Å². The van der Waals surface area contributed by atoms with Gasteiger partial charge in [0.05, 0.1) is 48.8 Å². The number of benzene rings is 2. The van der Waals surface area contributed by atoms with Gasteiger partial charge in [-0.15, -0.1) is 0 Å². The van der Waals surface area contributed by atoms with Crippen LogP contribution in [0.3, 0.4) is 0 Å². The van der Waals surface area contributed by atoms with Crippen molar-refractivity contribution >= 4 is 5.97 Å². The lowest BCUT2D eigenvalue weighted by Crippen LogP contribution is -2.10. The third-order valence-electron chi connectivity index (χ3n) is 5.20. The van der Waals surface area contributed by atoms with E-state index in [4.69, 9.17) is 9.47 Å². The molecule has 2 heterocycles. The van der Waals surface area contributed by atoms with Crippen molar-refractivity contribution in [2.45, 2.75) is 20.3 Å². The second-order valence-corrected chi connectivity index (χ2v) is 7.57. The van der Waals surface area contributed by atoms with Crippen LogP contribution in [-0.2, 0) is 11.2 Å². The fourth-order valence-corrected chi connectivity index (χ4v) is 3.60. The molecule has 0 spiro atoms. The van der Waals surface area contributed by atoms with Gasteiger partial charge in [-0.1, -0.05) is 18.2 Å². The van der Waals surface area contributed by atoms with Gasteiger partial charge in [-0.05, 0) is 43.7 Å². The Morgan fingerprint density at radius 1 is 1.18 bits per heavy atom. The van der Waals surface area contributed by atoms with E-state index in [-0.39, 0.29) is 12.2 Å². The summed E-state index contributed by atoms with van der Waals surface area (Å²) in [6.07, 6.45) is 5.57. The molecule has 0 amide bonds. The van der Waals surface area contributed by atoms with Crippen molar-refractivity contribution in [2.75, 3.05) is 13.7 Å². The van der Waals surface area contributed by atoms with Gasteiger partial charge in [-0.3, -0.25) is 0 Å². The van der Waals surface area contributed by atoms with Crippen LogP contribution in [0.2, 0.25) is 0 Å². The van der Waals surface area contributed by atoms with Gasteiger partial charge in [0.15, 0.2) is 0 Å². The first kappa shape index (κ1) is 22.7. The van der Waals surface area contributed by atoms with Crippen molar-refractivity contribution in [1.29, 1.82) is 5.26 Å². The van der Waals surface area contributed by atoms with Gasteiger partial charge in [0.25, 0.3) is 0 Å². The van der Waals surface area contributed by atoms with Gasteiger partial charge in [-0.25, -0.2) is 19.7 Å². The van der Waals surface area contributed by atoms with E-state index in [1.165, 1.54) is 6.20 Å². The molecule has 0 atom stereocenters. The number of carbonyl (C=O) groups is 1. The summed E-state index contributed by atoms with van der Waals surface area (Å²) in [6.45, 7) is 3.91. The SMILES string of the molecule is CCOC(=O)c1cnc(Cc2ccc(-n3cnc(C)c3)c(OC)c2)nc1-c1cccc(C#N)c1. The van der Waals surface area contributed by atoms with Crippen LogP contribution in [0.4, 0.5) is 0 Å². The number of ether oxygens (including phenoxy) is 2. The van der Waals surface area contributed by atoms with Gasteiger partial charge < -0.3 is 14.0 Å². The number of methoxy groups -OCH3 is 1. The number of esters is 1. The number of nitrogens with zero attached hydrogens (tertiary/aromatic N) is 5. The topological polar surface area (TPSA) is 103 Å². The highest BCUT2D eigenvalue weighted by Gasteiger charge is 2.18. The summed E-state index contributed by atoms with van der Waals surface area (Å²) >= 11 is 0. The summed E-state index contributed by atoms with van der Waals surface area (Å²) in [6, 6.07) is 14.9. The molecule has 2 aromatic heterocycles. The summed E-state index contributed by atoms with van der Waals surface area (Å²) in [5.74, 6) is 0.715. The van der Waals surface area contributed by atoms with Gasteiger partial charge in [0.2, 0.25) is 0 Å². The predicted molar refractivity (Wildman–Crippen MR) is 126 cm³/mol. The molecule has 170 valence electrons. The number of hydrogen-bond acceptors (Lipinski definition) is 7. The van der Waals surface area contributed by atoms with E-state index in [1.807, 2.05) is 35.9 Å². The lowest BCUT2D eigenvalue weighted by atomic mass is 10.0. The Hall–Kier alpha value is -4.51. The van der Waals surface area contributed by atoms with Crippen LogP contribution in [0.5, 0.6) is 5.75 Å². The lowest BCUT2D eigenvalue weighted by molar-refractivity contribution is 0.0526. The highest BCUT2D eigenvalue weighted by Crippen LogP contribution is 2.27. The number of rotatable bonds is 7. The Balaban J connectivity index is 1.71. The number of imidazole rings is 1. The molecular weight excluding hydrogens is 430 g/mol. The highest BCUT2D eigenvalue weighted by atomic mass is 16.5. The highest BCUT2D eigenvalue weighted by molar-refractivity contribution is 5.95. The fraction of sp³-hybridized carbons (Fsp3) is 0.192. The molecular formula is C26H23N5O3. The van der Waals surface area contributed by atoms with Crippen LogP contribution in [0.1, 0.15) is 39.9 Å². The zero-order valence-corrected chi connectivity index (χ0v) is 19.1. The van der Waals surface area contributed by atoms with E-state index in [0.717, 1.165) is 16.9 Å². The van der Waals surface area contributed by atoms with Crippen LogP contribution in [-0.4, -0.2) is 39.2 Å². The van der Waals surface area contributed by atoms with Gasteiger partial charge in [0.1, 0.15) is 17.1 Å². The monoisotopic (exact) mass is 453 g/mol. The second kappa shape index (κ2) is 9.96. The molecule has 0 aliphatic rings. The fourth-order valence-electron chi connectivity index (χ4n) is 3.60. The van der Waals surface area contributed by atoms with Crippen molar-refractivity contribution in [1.82, 2.24) is 19.5 Å². The molecule has 4 aromatic rings. The molecule has 8 nitrogen and oxygen atoms in total. The second-order valence-electron chi connectivity index (χ2n) is 7.57. The van der Waals surface area contributed by atoms with Gasteiger partial charge in [0, 0.05) is 24.4 Å². The molecule has 0 radical (unpaired) electrons. The first-order chi connectivity index (χ1) is 16.5. The molecule has 4 rings (SSSR count). The predicted octanol–water partition coefficient (Wildman–Crippen LogP) is 4.29. The molecule has 0 saturated heterocycles. The van der Waals surface area contributed by atoms with E-state index in [9.17, 15) is 10.1 Å². The Bertz CT molecular complexity index is 1390. The summed E-state index contributed by atoms with van der Waals surface area (Å²) in [5.41, 5.74) is 4.53. The summed E-state index contributed by atoms with van der Waals surface area (Å²) in [5, 5.41) is 9.28. The quantitative estimate of drug-likeness (QED) is 0.385. The molecule has 34 heavy (non-hydrogen) atoms. The normalized spacial score (nSPS) is 10.5. The van der Waals surface area contributed by atoms with E-state index in [1.54, 1.807) is 44.6 Å². The van der Waals surface area contributed by atoms with E-state index < -0.39 is 5.97 Å². The standard InChI is InChI=1S/C26H23N5O3/c1-4-34-26(32)21-14-28-24(30-25(21)20-7-5-6-19(10-20)13-27)12-18-8-9-22(23(11-18)33-3)31-15-17(2)29-16-31/h5-11,14-16H,4,12H2,1-3H3. The molecule has 0 N–H and O–H groups in total. The Kier molecular flexibility index (Phi) is 6.64. The van der Waals surface area contributed by atoms with E-state index >= 15 is 0 Å². The number of hydrogen-bond donors (Lipinski definition) is 0. The maximum atomic E-state index is 12.5. The van der Waals surface area contributed by atoms with Crippen molar-refractivity contribution in [3.63, 3.8) is 0 Å². The average Bonchev–Trinajstić information content (AvgIpc) is 3.30. The molecule has 0 bridgehead atoms. The maximum absolute atomic E-state index is 12.5. The Morgan fingerprint density at radius 2 is 2.03 bits per heavy atom. The van der Waals surface area contributed by atoms with E-state index in [2.05, 4.69) is 21.0 Å². The minimum Gasteiger partial charge on any atom is -0.495 e. The lowest BCUT2D eigenvalue weighted by Gasteiger charge is -2.12. The molecule has 0 saturated carbocycles. The largest absolute Gasteiger partial charge is 0.495 e. The van der Waals surface area contributed by atoms with Crippen molar-refractivity contribution in [3.05, 3.63) is 89.4 Å². The number of aromatic nitrogens is 4. The van der Waals surface area contributed by atoms with Gasteiger partial charge >= 0.3 is 5.97 Å². The molecule has 0 aliphatic heterocycles. The number of nitriles is 1. The minimum atomic E-state index is -0.506. The molecule has 2 aromatic carbocycles. The van der Waals surface area contributed by atoms with Crippen molar-refractivity contribution in [2.24, 2.45) is 0 Å². The summed E-state index contributed by atoms with van der Waals surface area (Å²) in [4.78, 5) is 25.9. The third-order valence-corrected chi connectivity index (χ3v) is 5.20. The van der Waals surface area contributed by atoms with Crippen LogP contribution in [0.15, 0.2) is 61.2 Å². The van der Waals surface area contributed by atoms with Gasteiger partial charge in [-0.2, -0.15) is 5.26 Å². The first-order valence-electron chi connectivity index (χ1n) is 10.7. The van der Waals surface area contributed by atoms with Crippen LogP contribution in [0.25, 0.3) is 16.9 Å². The zero-order valence-electron chi connectivity index (χ0n) is 19.1. The van der Waals surface area contributed by atoms with Crippen LogP contribution >= 0.6 is 0 Å². The summed E-state index contributed by atoms with van der Waals surface area (Å²) < 4.78 is 12.7. The Labute approximate surface area is 197 Å². The summed E-state index contributed by atoms with van der Waals surface area (Å²) in [7, 11) is 1.62. The van der Waals surface area contributed by atoms with Crippen molar-refractivity contribution in [3.8, 4) is 28.8 Å². The third kappa shape index (κ3) is 4.79. The van der Waals surface area contributed by atoms with E-state index in [0.29, 0.717) is 34.8 Å². The first-order valence-corrected chi connectivity index (χ1v) is 10.7. The molecule has 8 heteroatoms.